The lowest BCUT2D eigenvalue weighted by molar-refractivity contribution is 0.355. The van der Waals surface area contributed by atoms with E-state index in [1.165, 1.54) is 4.31 Å². The maximum atomic E-state index is 14.0. The molecule has 1 aliphatic heterocycles. The average Bonchev–Trinajstić information content (AvgIpc) is 2.83. The first-order chi connectivity index (χ1) is 15.8. The van der Waals surface area contributed by atoms with Gasteiger partial charge in [-0.05, 0) is 42.5 Å². The second kappa shape index (κ2) is 9.28. The Hall–Kier alpha value is -3.31. The standard InChI is InChI=1S/C22H22F2N4O4S/c1-31-19-6-3-15(13-20(19)32-2)18-5-8-22(26-25-18)27-9-11-28(12-10-27)33(29,30)21-7-4-16(23)14-17(21)24/h3-8,13-14H,9-12H2,1-2H3. The molecule has 1 saturated heterocycles. The molecule has 0 bridgehead atoms. The van der Waals surface area contributed by atoms with E-state index in [0.29, 0.717) is 42.2 Å². The van der Waals surface area contributed by atoms with Crippen LogP contribution >= 0.6 is 0 Å². The van der Waals surface area contributed by atoms with Crippen LogP contribution in [0.25, 0.3) is 11.3 Å². The van der Waals surface area contributed by atoms with Crippen molar-refractivity contribution in [3.05, 3.63) is 60.2 Å². The number of nitrogens with zero attached hydrogens (tertiary/aromatic N) is 4. The van der Waals surface area contributed by atoms with E-state index in [4.69, 9.17) is 9.47 Å². The van der Waals surface area contributed by atoms with E-state index in [-0.39, 0.29) is 13.1 Å². The van der Waals surface area contributed by atoms with Crippen LogP contribution in [0, 0.1) is 11.6 Å². The van der Waals surface area contributed by atoms with Crippen LogP contribution in [0.5, 0.6) is 11.5 Å². The highest BCUT2D eigenvalue weighted by atomic mass is 32.2. The van der Waals surface area contributed by atoms with Gasteiger partial charge in [0, 0.05) is 37.8 Å². The molecule has 33 heavy (non-hydrogen) atoms. The fourth-order valence-electron chi connectivity index (χ4n) is 3.62. The van der Waals surface area contributed by atoms with Crippen molar-refractivity contribution < 1.29 is 26.7 Å². The lowest BCUT2D eigenvalue weighted by Crippen LogP contribution is -2.49. The van der Waals surface area contributed by atoms with Gasteiger partial charge in [0.25, 0.3) is 0 Å². The Kier molecular flexibility index (Phi) is 6.43. The zero-order valence-corrected chi connectivity index (χ0v) is 18.8. The molecule has 1 fully saturated rings. The molecule has 0 atom stereocenters. The van der Waals surface area contributed by atoms with Gasteiger partial charge in [0.05, 0.1) is 19.9 Å². The molecule has 0 unspecified atom stereocenters. The number of ether oxygens (including phenoxy) is 2. The Morgan fingerprint density at radius 1 is 0.848 bits per heavy atom. The van der Waals surface area contributed by atoms with Crippen LogP contribution in [-0.2, 0) is 10.0 Å². The Balaban J connectivity index is 1.45. The number of halogens is 2. The third-order valence-electron chi connectivity index (χ3n) is 5.40. The number of benzene rings is 2. The Morgan fingerprint density at radius 2 is 1.58 bits per heavy atom. The minimum absolute atomic E-state index is 0.137. The summed E-state index contributed by atoms with van der Waals surface area (Å²) in [7, 11) is -0.944. The van der Waals surface area contributed by atoms with Gasteiger partial charge in [0.1, 0.15) is 16.5 Å². The summed E-state index contributed by atoms with van der Waals surface area (Å²) >= 11 is 0. The fraction of sp³-hybridized carbons (Fsp3) is 0.273. The van der Waals surface area contributed by atoms with E-state index in [1.54, 1.807) is 26.4 Å². The van der Waals surface area contributed by atoms with Crippen LogP contribution in [0.1, 0.15) is 0 Å². The third-order valence-corrected chi connectivity index (χ3v) is 7.34. The molecular weight excluding hydrogens is 454 g/mol. The number of anilines is 1. The first-order valence-electron chi connectivity index (χ1n) is 10.1. The largest absolute Gasteiger partial charge is 0.493 e. The summed E-state index contributed by atoms with van der Waals surface area (Å²) in [5.74, 6) is -0.139. The van der Waals surface area contributed by atoms with E-state index in [2.05, 4.69) is 10.2 Å². The number of aromatic nitrogens is 2. The van der Waals surface area contributed by atoms with Gasteiger partial charge < -0.3 is 14.4 Å². The van der Waals surface area contributed by atoms with Crippen molar-refractivity contribution in [2.75, 3.05) is 45.3 Å². The molecule has 174 valence electrons. The highest BCUT2D eigenvalue weighted by Gasteiger charge is 2.31. The SMILES string of the molecule is COc1ccc(-c2ccc(N3CCN(S(=O)(=O)c4ccc(F)cc4F)CC3)nn2)cc1OC. The summed E-state index contributed by atoms with van der Waals surface area (Å²) in [6.45, 7) is 0.982. The maximum Gasteiger partial charge on any atom is 0.246 e. The monoisotopic (exact) mass is 476 g/mol. The summed E-state index contributed by atoms with van der Waals surface area (Å²) in [5, 5.41) is 8.57. The molecule has 2 aromatic carbocycles. The second-order valence-electron chi connectivity index (χ2n) is 7.31. The number of hydrogen-bond donors (Lipinski definition) is 0. The lowest BCUT2D eigenvalue weighted by atomic mass is 10.1. The molecule has 0 aliphatic carbocycles. The van der Waals surface area contributed by atoms with Crippen LogP contribution in [0.4, 0.5) is 14.6 Å². The van der Waals surface area contributed by atoms with Crippen LogP contribution in [0.2, 0.25) is 0 Å². The van der Waals surface area contributed by atoms with Gasteiger partial charge >= 0.3 is 0 Å². The molecule has 3 aromatic rings. The zero-order chi connectivity index (χ0) is 23.6. The number of methoxy groups -OCH3 is 2. The highest BCUT2D eigenvalue weighted by molar-refractivity contribution is 7.89. The van der Waals surface area contributed by atoms with Gasteiger partial charge in [0.2, 0.25) is 10.0 Å². The van der Waals surface area contributed by atoms with E-state index < -0.39 is 26.6 Å². The Morgan fingerprint density at radius 3 is 2.18 bits per heavy atom. The molecular formula is C22H22F2N4O4S. The average molecular weight is 477 g/mol. The van der Waals surface area contributed by atoms with Crippen molar-refractivity contribution in [1.82, 2.24) is 14.5 Å². The summed E-state index contributed by atoms with van der Waals surface area (Å²) in [6.07, 6.45) is 0. The number of hydrogen-bond acceptors (Lipinski definition) is 7. The molecule has 0 radical (unpaired) electrons. The smallest absolute Gasteiger partial charge is 0.246 e. The third kappa shape index (κ3) is 4.60. The predicted molar refractivity (Wildman–Crippen MR) is 118 cm³/mol. The van der Waals surface area contributed by atoms with Crippen LogP contribution < -0.4 is 14.4 Å². The molecule has 1 aromatic heterocycles. The minimum Gasteiger partial charge on any atom is -0.493 e. The van der Waals surface area contributed by atoms with Crippen molar-refractivity contribution in [2.45, 2.75) is 4.90 Å². The number of rotatable bonds is 6. The molecule has 4 rings (SSSR count). The van der Waals surface area contributed by atoms with Gasteiger partial charge in [-0.3, -0.25) is 0 Å². The first-order valence-corrected chi connectivity index (χ1v) is 11.5. The second-order valence-corrected chi connectivity index (χ2v) is 9.22. The van der Waals surface area contributed by atoms with Gasteiger partial charge in [-0.25, -0.2) is 17.2 Å². The van der Waals surface area contributed by atoms with Crippen molar-refractivity contribution in [1.29, 1.82) is 0 Å². The fourth-order valence-corrected chi connectivity index (χ4v) is 5.09. The van der Waals surface area contributed by atoms with Crippen molar-refractivity contribution in [3.63, 3.8) is 0 Å². The molecule has 0 saturated carbocycles. The normalized spacial score (nSPS) is 14.8. The summed E-state index contributed by atoms with van der Waals surface area (Å²) in [5.41, 5.74) is 1.46. The van der Waals surface area contributed by atoms with Gasteiger partial charge in [-0.15, -0.1) is 10.2 Å². The van der Waals surface area contributed by atoms with E-state index >= 15 is 0 Å². The maximum absolute atomic E-state index is 14.0. The molecule has 11 heteroatoms. The highest BCUT2D eigenvalue weighted by Crippen LogP contribution is 2.31. The summed E-state index contributed by atoms with van der Waals surface area (Å²) < 4.78 is 64.4. The molecule has 0 spiro atoms. The molecule has 2 heterocycles. The van der Waals surface area contributed by atoms with E-state index in [0.717, 1.165) is 17.7 Å². The van der Waals surface area contributed by atoms with Gasteiger partial charge in [-0.2, -0.15) is 4.31 Å². The van der Waals surface area contributed by atoms with Crippen molar-refractivity contribution in [2.24, 2.45) is 0 Å². The van der Waals surface area contributed by atoms with E-state index in [1.807, 2.05) is 23.1 Å². The molecule has 0 amide bonds. The molecule has 8 nitrogen and oxygen atoms in total. The Labute approximate surface area is 190 Å². The predicted octanol–water partition coefficient (Wildman–Crippen LogP) is 2.95. The first kappa shape index (κ1) is 22.9. The minimum atomic E-state index is -4.06. The van der Waals surface area contributed by atoms with Crippen molar-refractivity contribution >= 4 is 15.8 Å². The number of sulfonamides is 1. The van der Waals surface area contributed by atoms with Gasteiger partial charge in [-0.1, -0.05) is 0 Å². The molecule has 0 N–H and O–H groups in total. The van der Waals surface area contributed by atoms with Crippen molar-refractivity contribution in [3.8, 4) is 22.8 Å². The quantitative estimate of drug-likeness (QED) is 0.541. The van der Waals surface area contributed by atoms with Crippen LogP contribution in [0.15, 0.2) is 53.4 Å². The zero-order valence-electron chi connectivity index (χ0n) is 18.0. The lowest BCUT2D eigenvalue weighted by Gasteiger charge is -2.34. The summed E-state index contributed by atoms with van der Waals surface area (Å²) in [6, 6.07) is 11.5. The summed E-state index contributed by atoms with van der Waals surface area (Å²) in [4.78, 5) is 1.37. The van der Waals surface area contributed by atoms with E-state index in [9.17, 15) is 17.2 Å². The topological polar surface area (TPSA) is 84.9 Å². The van der Waals surface area contributed by atoms with Crippen LogP contribution in [0.3, 0.4) is 0 Å². The van der Waals surface area contributed by atoms with Crippen LogP contribution in [-0.4, -0.2) is 63.3 Å². The Bertz CT molecular complexity index is 1250. The number of piperazine rings is 1. The molecule has 1 aliphatic rings. The van der Waals surface area contributed by atoms with Gasteiger partial charge in [0.15, 0.2) is 17.3 Å².